The highest BCUT2D eigenvalue weighted by molar-refractivity contribution is 9.10. The number of carboxylic acids is 1. The molecule has 1 atom stereocenters. The third-order valence-electron chi connectivity index (χ3n) is 3.58. The molecule has 1 aliphatic heterocycles. The number of rotatable bonds is 4. The van der Waals surface area contributed by atoms with E-state index < -0.39 is 11.5 Å². The first kappa shape index (κ1) is 15.4. The lowest BCUT2D eigenvalue weighted by Crippen LogP contribution is -2.51. The molecule has 4 nitrogen and oxygen atoms in total. The predicted octanol–water partition coefficient (Wildman–Crippen LogP) is 3.01. The minimum atomic E-state index is -1.04. The maximum absolute atomic E-state index is 12.2. The molecule has 1 aliphatic rings. The first-order chi connectivity index (χ1) is 9.43. The van der Waals surface area contributed by atoms with Crippen LogP contribution in [0.5, 0.6) is 0 Å². The molecule has 0 saturated carbocycles. The number of likely N-dealkylation sites (tertiary alicyclic amines) is 1. The first-order valence-corrected chi connectivity index (χ1v) is 8.13. The van der Waals surface area contributed by atoms with E-state index in [2.05, 4.69) is 15.9 Å². The SMILES string of the molecule is CC1(C(=O)O)CCCN1C(=O)CSc1ccc(Br)cc1. The molecule has 1 saturated heterocycles. The van der Waals surface area contributed by atoms with Gasteiger partial charge in [0.25, 0.3) is 0 Å². The molecule has 6 heteroatoms. The Kier molecular flexibility index (Phi) is 4.75. The number of nitrogens with zero attached hydrogens (tertiary/aromatic N) is 1. The summed E-state index contributed by atoms with van der Waals surface area (Å²) in [6, 6.07) is 7.71. The lowest BCUT2D eigenvalue weighted by atomic mass is 9.99. The van der Waals surface area contributed by atoms with Crippen LogP contribution in [0.2, 0.25) is 0 Å². The third-order valence-corrected chi connectivity index (χ3v) is 5.10. The molecular formula is C14H16BrNO3S. The first-order valence-electron chi connectivity index (χ1n) is 6.36. The summed E-state index contributed by atoms with van der Waals surface area (Å²) in [6.07, 6.45) is 1.27. The zero-order chi connectivity index (χ0) is 14.8. The van der Waals surface area contributed by atoms with E-state index in [1.165, 1.54) is 16.7 Å². The van der Waals surface area contributed by atoms with Crippen LogP contribution in [0.15, 0.2) is 33.6 Å². The lowest BCUT2D eigenvalue weighted by Gasteiger charge is -2.31. The minimum absolute atomic E-state index is 0.111. The predicted molar refractivity (Wildman–Crippen MR) is 81.9 cm³/mol. The Morgan fingerprint density at radius 3 is 2.65 bits per heavy atom. The van der Waals surface area contributed by atoms with E-state index in [-0.39, 0.29) is 11.7 Å². The van der Waals surface area contributed by atoms with Crippen molar-refractivity contribution in [2.75, 3.05) is 12.3 Å². The highest BCUT2D eigenvalue weighted by Crippen LogP contribution is 2.30. The number of benzene rings is 1. The van der Waals surface area contributed by atoms with Gasteiger partial charge in [-0.05, 0) is 44.0 Å². The van der Waals surface area contributed by atoms with Gasteiger partial charge in [-0.3, -0.25) is 4.79 Å². The van der Waals surface area contributed by atoms with E-state index in [1.54, 1.807) is 6.92 Å². The van der Waals surface area contributed by atoms with Crippen molar-refractivity contribution in [3.8, 4) is 0 Å². The topological polar surface area (TPSA) is 57.6 Å². The summed E-state index contributed by atoms with van der Waals surface area (Å²) in [4.78, 5) is 26.1. The van der Waals surface area contributed by atoms with Crippen LogP contribution in [-0.4, -0.2) is 39.7 Å². The van der Waals surface area contributed by atoms with Crippen molar-refractivity contribution in [2.24, 2.45) is 0 Å². The highest BCUT2D eigenvalue weighted by atomic mass is 79.9. The molecule has 20 heavy (non-hydrogen) atoms. The summed E-state index contributed by atoms with van der Waals surface area (Å²) in [5, 5.41) is 9.30. The molecule has 0 radical (unpaired) electrons. The van der Waals surface area contributed by atoms with Crippen LogP contribution in [0, 0.1) is 0 Å². The molecule has 0 aliphatic carbocycles. The minimum Gasteiger partial charge on any atom is -0.480 e. The van der Waals surface area contributed by atoms with Crippen LogP contribution >= 0.6 is 27.7 Å². The molecule has 1 unspecified atom stereocenters. The van der Waals surface area contributed by atoms with Gasteiger partial charge in [0, 0.05) is 15.9 Å². The Morgan fingerprint density at radius 2 is 2.05 bits per heavy atom. The number of hydrogen-bond acceptors (Lipinski definition) is 3. The van der Waals surface area contributed by atoms with Crippen molar-refractivity contribution in [3.05, 3.63) is 28.7 Å². The Balaban J connectivity index is 1.98. The number of carbonyl (C=O) groups excluding carboxylic acids is 1. The molecule has 1 aromatic carbocycles. The standard InChI is InChI=1S/C14H16BrNO3S/c1-14(13(18)19)7-2-8-16(14)12(17)9-20-11-5-3-10(15)4-6-11/h3-6H,2,7-9H2,1H3,(H,18,19). The number of thioether (sulfide) groups is 1. The molecule has 2 rings (SSSR count). The largest absolute Gasteiger partial charge is 0.480 e. The smallest absolute Gasteiger partial charge is 0.329 e. The zero-order valence-corrected chi connectivity index (χ0v) is 13.5. The fourth-order valence-electron chi connectivity index (χ4n) is 2.34. The average Bonchev–Trinajstić information content (AvgIpc) is 2.81. The maximum Gasteiger partial charge on any atom is 0.329 e. The van der Waals surface area contributed by atoms with E-state index >= 15 is 0 Å². The molecule has 108 valence electrons. The Bertz CT molecular complexity index is 520. The third kappa shape index (κ3) is 3.17. The molecular weight excluding hydrogens is 342 g/mol. The van der Waals surface area contributed by atoms with Gasteiger partial charge < -0.3 is 10.0 Å². The lowest BCUT2D eigenvalue weighted by molar-refractivity contribution is -0.154. The van der Waals surface area contributed by atoms with Crippen molar-refractivity contribution in [1.29, 1.82) is 0 Å². The molecule has 1 N–H and O–H groups in total. The van der Waals surface area contributed by atoms with E-state index in [0.29, 0.717) is 13.0 Å². The number of hydrogen-bond donors (Lipinski definition) is 1. The summed E-state index contributed by atoms with van der Waals surface area (Å²) in [7, 11) is 0. The van der Waals surface area contributed by atoms with E-state index in [4.69, 9.17) is 0 Å². The average molecular weight is 358 g/mol. The number of carbonyl (C=O) groups is 2. The van der Waals surface area contributed by atoms with Gasteiger partial charge in [0.1, 0.15) is 5.54 Å². The van der Waals surface area contributed by atoms with Crippen molar-refractivity contribution < 1.29 is 14.7 Å². The quantitative estimate of drug-likeness (QED) is 0.841. The summed E-state index contributed by atoms with van der Waals surface area (Å²) in [6.45, 7) is 2.16. The normalized spacial score (nSPS) is 22.0. The van der Waals surface area contributed by atoms with Gasteiger partial charge in [-0.2, -0.15) is 0 Å². The molecule has 0 bridgehead atoms. The van der Waals surface area contributed by atoms with Crippen molar-refractivity contribution >= 4 is 39.6 Å². The molecule has 1 fully saturated rings. The summed E-state index contributed by atoms with van der Waals surface area (Å²) in [5.41, 5.74) is -1.04. The number of amides is 1. The van der Waals surface area contributed by atoms with Crippen LogP contribution in [-0.2, 0) is 9.59 Å². The van der Waals surface area contributed by atoms with E-state index in [0.717, 1.165) is 15.8 Å². The maximum atomic E-state index is 12.2. The van der Waals surface area contributed by atoms with Crippen molar-refractivity contribution in [3.63, 3.8) is 0 Å². The monoisotopic (exact) mass is 357 g/mol. The molecule has 1 amide bonds. The Labute approximate surface area is 130 Å². The number of halogens is 1. The second-order valence-electron chi connectivity index (χ2n) is 4.97. The van der Waals surface area contributed by atoms with Crippen LogP contribution in [0.3, 0.4) is 0 Å². The number of carboxylic acid groups (broad SMARTS) is 1. The van der Waals surface area contributed by atoms with Crippen molar-refractivity contribution in [1.82, 2.24) is 4.90 Å². The Morgan fingerprint density at radius 1 is 1.40 bits per heavy atom. The fraction of sp³-hybridized carbons (Fsp3) is 0.429. The highest BCUT2D eigenvalue weighted by Gasteiger charge is 2.45. The van der Waals surface area contributed by atoms with Crippen LogP contribution in [0.25, 0.3) is 0 Å². The Hall–Kier alpha value is -1.01. The second kappa shape index (κ2) is 6.18. The molecule has 0 aromatic heterocycles. The molecule has 1 aromatic rings. The fourth-order valence-corrected chi connectivity index (χ4v) is 3.38. The van der Waals surface area contributed by atoms with Gasteiger partial charge in [-0.1, -0.05) is 15.9 Å². The zero-order valence-electron chi connectivity index (χ0n) is 11.1. The summed E-state index contributed by atoms with van der Waals surface area (Å²) < 4.78 is 0.992. The molecule has 0 spiro atoms. The van der Waals surface area contributed by atoms with Crippen LogP contribution < -0.4 is 0 Å². The van der Waals surface area contributed by atoms with Gasteiger partial charge in [0.2, 0.25) is 5.91 Å². The van der Waals surface area contributed by atoms with E-state index in [9.17, 15) is 14.7 Å². The second-order valence-corrected chi connectivity index (χ2v) is 6.93. The molecule has 1 heterocycles. The van der Waals surface area contributed by atoms with Crippen LogP contribution in [0.1, 0.15) is 19.8 Å². The van der Waals surface area contributed by atoms with Gasteiger partial charge in [-0.15, -0.1) is 11.8 Å². The van der Waals surface area contributed by atoms with E-state index in [1.807, 2.05) is 24.3 Å². The summed E-state index contributed by atoms with van der Waals surface area (Å²) >= 11 is 4.79. The van der Waals surface area contributed by atoms with Gasteiger partial charge in [0.15, 0.2) is 0 Å². The summed E-state index contributed by atoms with van der Waals surface area (Å²) in [5.74, 6) is -0.762. The van der Waals surface area contributed by atoms with Gasteiger partial charge >= 0.3 is 5.97 Å². The number of aliphatic carboxylic acids is 1. The van der Waals surface area contributed by atoms with Crippen molar-refractivity contribution in [2.45, 2.75) is 30.2 Å². The van der Waals surface area contributed by atoms with Gasteiger partial charge in [-0.25, -0.2) is 4.79 Å². The van der Waals surface area contributed by atoms with Gasteiger partial charge in [0.05, 0.1) is 5.75 Å². The van der Waals surface area contributed by atoms with Crippen LogP contribution in [0.4, 0.5) is 0 Å².